The smallest absolute Gasteiger partial charge is 0.167 e. The maximum atomic E-state index is 12.1. The largest absolute Gasteiger partial charge is 0.507 e. The average Bonchev–Trinajstić information content (AvgIpc) is 2.47. The van der Waals surface area contributed by atoms with Crippen LogP contribution in [0.4, 0.5) is 0 Å². The number of ether oxygens (including phenoxy) is 2. The molecule has 0 saturated heterocycles. The van der Waals surface area contributed by atoms with Crippen molar-refractivity contribution >= 4 is 5.78 Å². The van der Waals surface area contributed by atoms with Crippen LogP contribution in [0.15, 0.2) is 11.6 Å². The molecule has 1 aromatic carbocycles. The molecule has 0 aliphatic carbocycles. The quantitative estimate of drug-likeness (QED) is 0.653. The zero-order chi connectivity index (χ0) is 18.2. The topological polar surface area (TPSA) is 76.0 Å². The van der Waals surface area contributed by atoms with Crippen LogP contribution < -0.4 is 9.47 Å². The van der Waals surface area contributed by atoms with E-state index in [0.717, 1.165) is 11.1 Å². The van der Waals surface area contributed by atoms with Gasteiger partial charge in [0.05, 0.1) is 13.2 Å². The summed E-state index contributed by atoms with van der Waals surface area (Å²) in [6.07, 6.45) is 1.97. The van der Waals surface area contributed by atoms with E-state index in [4.69, 9.17) is 9.47 Å². The number of ketones is 1. The number of Topliss-reactive ketones (excluding diaryl/α,β-unsaturated/α-hetero) is 1. The molecule has 5 nitrogen and oxygen atoms in total. The number of benzene rings is 1. The standard InChI is InChI=1S/C19H26O5/c1-10(2)7-8-12-17-13(9-14(21)19(4,5)24-17)16(22)15(11(3)20)18(12)23-6/h7,14,21-22H,8-9H2,1-6H3. The molecular formula is C19H26O5. The second-order valence-electron chi connectivity index (χ2n) is 7.01. The van der Waals surface area contributed by atoms with Gasteiger partial charge in [0.15, 0.2) is 5.78 Å². The van der Waals surface area contributed by atoms with E-state index in [-0.39, 0.29) is 23.5 Å². The summed E-state index contributed by atoms with van der Waals surface area (Å²) >= 11 is 0. The summed E-state index contributed by atoms with van der Waals surface area (Å²) in [6, 6.07) is 0. The number of carbonyl (C=O) groups excluding carboxylic acids is 1. The summed E-state index contributed by atoms with van der Waals surface area (Å²) in [5.74, 6) is 0.389. The van der Waals surface area contributed by atoms with Gasteiger partial charge < -0.3 is 19.7 Å². The van der Waals surface area contributed by atoms with Crippen molar-refractivity contribution in [1.29, 1.82) is 0 Å². The van der Waals surface area contributed by atoms with Crippen molar-refractivity contribution in [3.63, 3.8) is 0 Å². The summed E-state index contributed by atoms with van der Waals surface area (Å²) < 4.78 is 11.5. The molecule has 1 aliphatic heterocycles. The number of methoxy groups -OCH3 is 1. The minimum atomic E-state index is -0.790. The molecule has 1 aliphatic rings. The van der Waals surface area contributed by atoms with Crippen LogP contribution in [0.2, 0.25) is 0 Å². The number of aliphatic hydroxyl groups excluding tert-OH is 1. The predicted octanol–water partition coefficient (Wildman–Crippen LogP) is 3.19. The average molecular weight is 334 g/mol. The van der Waals surface area contributed by atoms with Crippen LogP contribution >= 0.6 is 0 Å². The van der Waals surface area contributed by atoms with Crippen LogP contribution in [0.3, 0.4) is 0 Å². The van der Waals surface area contributed by atoms with Crippen molar-refractivity contribution in [3.8, 4) is 17.2 Å². The fourth-order valence-corrected chi connectivity index (χ4v) is 2.93. The van der Waals surface area contributed by atoms with Crippen LogP contribution in [0, 0.1) is 0 Å². The third kappa shape index (κ3) is 3.13. The molecule has 0 bridgehead atoms. The molecule has 5 heteroatoms. The molecule has 0 spiro atoms. The van der Waals surface area contributed by atoms with Crippen LogP contribution in [-0.2, 0) is 12.8 Å². The van der Waals surface area contributed by atoms with Crippen molar-refractivity contribution in [2.24, 2.45) is 0 Å². The van der Waals surface area contributed by atoms with Crippen LogP contribution in [0.25, 0.3) is 0 Å². The first-order valence-electron chi connectivity index (χ1n) is 8.06. The van der Waals surface area contributed by atoms with Gasteiger partial charge in [-0.3, -0.25) is 4.79 Å². The number of hydrogen-bond donors (Lipinski definition) is 2. The lowest BCUT2D eigenvalue weighted by molar-refractivity contribution is -0.0424. The summed E-state index contributed by atoms with van der Waals surface area (Å²) in [5.41, 5.74) is 1.66. The Morgan fingerprint density at radius 3 is 2.50 bits per heavy atom. The van der Waals surface area contributed by atoms with E-state index in [0.29, 0.717) is 23.5 Å². The molecule has 132 valence electrons. The summed E-state index contributed by atoms with van der Waals surface area (Å²) in [6.45, 7) is 8.96. The van der Waals surface area contributed by atoms with E-state index in [1.807, 2.05) is 19.9 Å². The number of fused-ring (bicyclic) bond motifs is 1. The number of phenols is 1. The van der Waals surface area contributed by atoms with Crippen molar-refractivity contribution in [3.05, 3.63) is 28.3 Å². The molecule has 2 N–H and O–H groups in total. The van der Waals surface area contributed by atoms with Gasteiger partial charge in [0.25, 0.3) is 0 Å². The van der Waals surface area contributed by atoms with E-state index in [9.17, 15) is 15.0 Å². The first kappa shape index (κ1) is 18.3. The number of rotatable bonds is 4. The highest BCUT2D eigenvalue weighted by Gasteiger charge is 2.40. The highest BCUT2D eigenvalue weighted by atomic mass is 16.5. The van der Waals surface area contributed by atoms with Crippen molar-refractivity contribution < 1.29 is 24.5 Å². The first-order chi connectivity index (χ1) is 11.1. The maximum absolute atomic E-state index is 12.1. The third-order valence-electron chi connectivity index (χ3n) is 4.41. The lowest BCUT2D eigenvalue weighted by Crippen LogP contribution is -2.46. The summed E-state index contributed by atoms with van der Waals surface area (Å²) in [4.78, 5) is 12.1. The minimum Gasteiger partial charge on any atom is -0.507 e. The van der Waals surface area contributed by atoms with Gasteiger partial charge in [-0.15, -0.1) is 0 Å². The Kier molecular flexibility index (Phi) is 4.95. The van der Waals surface area contributed by atoms with E-state index in [2.05, 4.69) is 0 Å². The first-order valence-corrected chi connectivity index (χ1v) is 8.06. The molecule has 0 amide bonds. The van der Waals surface area contributed by atoms with Gasteiger partial charge in [-0.05, 0) is 41.0 Å². The lowest BCUT2D eigenvalue weighted by atomic mass is 9.86. The number of aromatic hydroxyl groups is 1. The van der Waals surface area contributed by atoms with Gasteiger partial charge in [-0.2, -0.15) is 0 Å². The lowest BCUT2D eigenvalue weighted by Gasteiger charge is -2.39. The Labute approximate surface area is 142 Å². The zero-order valence-corrected chi connectivity index (χ0v) is 15.2. The SMILES string of the molecule is COc1c(CC=C(C)C)c2c(c(O)c1C(C)=O)CC(O)C(C)(C)O2. The Balaban J connectivity index is 2.80. The molecule has 0 radical (unpaired) electrons. The van der Waals surface area contributed by atoms with Gasteiger partial charge in [0, 0.05) is 17.5 Å². The summed E-state index contributed by atoms with van der Waals surface area (Å²) in [7, 11) is 1.47. The number of allylic oxidation sites excluding steroid dienone is 2. The molecule has 1 unspecified atom stereocenters. The maximum Gasteiger partial charge on any atom is 0.167 e. The summed E-state index contributed by atoms with van der Waals surface area (Å²) in [5, 5.41) is 20.9. The fourth-order valence-electron chi connectivity index (χ4n) is 2.93. The normalized spacial score (nSPS) is 18.4. The molecule has 2 rings (SSSR count). The van der Waals surface area contributed by atoms with Gasteiger partial charge in [0.1, 0.15) is 28.4 Å². The van der Waals surface area contributed by atoms with Gasteiger partial charge in [0.2, 0.25) is 0 Å². The van der Waals surface area contributed by atoms with Crippen LogP contribution in [0.1, 0.15) is 56.1 Å². The Morgan fingerprint density at radius 2 is 2.00 bits per heavy atom. The number of phenolic OH excluding ortho intramolecular Hbond substituents is 1. The van der Waals surface area contributed by atoms with E-state index in [1.165, 1.54) is 14.0 Å². The number of carbonyl (C=O) groups is 1. The minimum absolute atomic E-state index is 0.143. The molecule has 0 fully saturated rings. The number of hydrogen-bond acceptors (Lipinski definition) is 5. The van der Waals surface area contributed by atoms with Crippen molar-refractivity contribution in [2.45, 2.75) is 59.2 Å². The zero-order valence-electron chi connectivity index (χ0n) is 15.2. The fraction of sp³-hybridized carbons (Fsp3) is 0.526. The van der Waals surface area contributed by atoms with Crippen molar-refractivity contribution in [2.75, 3.05) is 7.11 Å². The predicted molar refractivity (Wildman–Crippen MR) is 92.2 cm³/mol. The molecular weight excluding hydrogens is 308 g/mol. The molecule has 1 heterocycles. The highest BCUT2D eigenvalue weighted by molar-refractivity contribution is 6.01. The highest BCUT2D eigenvalue weighted by Crippen LogP contribution is 2.48. The molecule has 1 aromatic rings. The van der Waals surface area contributed by atoms with Crippen molar-refractivity contribution in [1.82, 2.24) is 0 Å². The monoisotopic (exact) mass is 334 g/mol. The Bertz CT molecular complexity index is 696. The van der Waals surface area contributed by atoms with Crippen LogP contribution in [-0.4, -0.2) is 34.8 Å². The Morgan fingerprint density at radius 1 is 1.38 bits per heavy atom. The third-order valence-corrected chi connectivity index (χ3v) is 4.41. The molecule has 0 aromatic heterocycles. The van der Waals surface area contributed by atoms with Gasteiger partial charge >= 0.3 is 0 Å². The second-order valence-corrected chi connectivity index (χ2v) is 7.01. The number of aliphatic hydroxyl groups is 1. The molecule has 0 saturated carbocycles. The molecule has 1 atom stereocenters. The van der Waals surface area contributed by atoms with Gasteiger partial charge in [-0.25, -0.2) is 0 Å². The van der Waals surface area contributed by atoms with Gasteiger partial charge in [-0.1, -0.05) is 11.6 Å². The Hall–Kier alpha value is -2.01. The molecule has 24 heavy (non-hydrogen) atoms. The van der Waals surface area contributed by atoms with E-state index >= 15 is 0 Å². The van der Waals surface area contributed by atoms with E-state index in [1.54, 1.807) is 13.8 Å². The van der Waals surface area contributed by atoms with Crippen LogP contribution in [0.5, 0.6) is 17.2 Å². The van der Waals surface area contributed by atoms with E-state index < -0.39 is 11.7 Å². The second kappa shape index (κ2) is 6.48.